The van der Waals surface area contributed by atoms with E-state index in [4.69, 9.17) is 9.47 Å². The number of pyridine rings is 1. The molecular weight excluding hydrogens is 292 g/mol. The largest absolute Gasteiger partial charge is 0.497 e. The van der Waals surface area contributed by atoms with Gasteiger partial charge in [0.25, 0.3) is 0 Å². The number of ether oxygens (including phenoxy) is 2. The molecule has 0 aliphatic rings. The summed E-state index contributed by atoms with van der Waals surface area (Å²) in [4.78, 5) is 4.14. The minimum Gasteiger partial charge on any atom is -0.497 e. The second-order valence-electron chi connectivity index (χ2n) is 5.39. The van der Waals surface area contributed by atoms with E-state index in [1.54, 1.807) is 13.3 Å². The smallest absolute Gasteiger partial charge is 0.216 e. The van der Waals surface area contributed by atoms with Crippen molar-refractivity contribution in [2.75, 3.05) is 26.8 Å². The molecule has 0 fully saturated rings. The highest BCUT2D eigenvalue weighted by molar-refractivity contribution is 5.27. The van der Waals surface area contributed by atoms with Crippen LogP contribution < -0.4 is 14.8 Å². The molecule has 1 heterocycles. The third-order valence-electron chi connectivity index (χ3n) is 3.50. The quantitative estimate of drug-likeness (QED) is 0.693. The van der Waals surface area contributed by atoms with Crippen molar-refractivity contribution in [3.05, 3.63) is 53.7 Å². The van der Waals surface area contributed by atoms with Crippen LogP contribution in [-0.2, 0) is 6.42 Å². The Hall–Kier alpha value is -2.11. The summed E-state index contributed by atoms with van der Waals surface area (Å²) in [5, 5.41) is 13.2. The number of aliphatic hydroxyl groups is 1. The first kappa shape index (κ1) is 17.2. The molecule has 5 nitrogen and oxygen atoms in total. The van der Waals surface area contributed by atoms with Crippen LogP contribution in [0.5, 0.6) is 11.6 Å². The Bertz CT molecular complexity index is 587. The summed E-state index contributed by atoms with van der Waals surface area (Å²) in [6.45, 7) is 3.45. The first-order valence-corrected chi connectivity index (χ1v) is 7.75. The first-order chi connectivity index (χ1) is 11.2. The van der Waals surface area contributed by atoms with Crippen LogP contribution in [0.4, 0.5) is 0 Å². The maximum Gasteiger partial charge on any atom is 0.216 e. The lowest BCUT2D eigenvalue weighted by atomic mass is 10.1. The lowest BCUT2D eigenvalue weighted by Gasteiger charge is -2.13. The zero-order valence-electron chi connectivity index (χ0n) is 13.7. The maximum absolute atomic E-state index is 9.94. The molecule has 23 heavy (non-hydrogen) atoms. The van der Waals surface area contributed by atoms with E-state index in [0.29, 0.717) is 12.4 Å². The van der Waals surface area contributed by atoms with E-state index >= 15 is 0 Å². The molecule has 5 heteroatoms. The Kier molecular flexibility index (Phi) is 6.84. The van der Waals surface area contributed by atoms with Gasteiger partial charge in [0.1, 0.15) is 18.5 Å². The van der Waals surface area contributed by atoms with Crippen LogP contribution in [0.3, 0.4) is 0 Å². The minimum atomic E-state index is -0.563. The summed E-state index contributed by atoms with van der Waals surface area (Å²) in [7, 11) is 1.66. The van der Waals surface area contributed by atoms with Gasteiger partial charge < -0.3 is 19.9 Å². The number of aromatic nitrogens is 1. The van der Waals surface area contributed by atoms with Gasteiger partial charge in [0.05, 0.1) is 7.11 Å². The zero-order chi connectivity index (χ0) is 16.5. The third-order valence-corrected chi connectivity index (χ3v) is 3.50. The van der Waals surface area contributed by atoms with Gasteiger partial charge in [-0.15, -0.1) is 0 Å². The first-order valence-electron chi connectivity index (χ1n) is 7.75. The van der Waals surface area contributed by atoms with E-state index in [1.807, 2.05) is 43.3 Å². The molecule has 2 aromatic rings. The molecule has 1 unspecified atom stereocenters. The average Bonchev–Trinajstić information content (AvgIpc) is 2.58. The van der Waals surface area contributed by atoms with Gasteiger partial charge in [-0.05, 0) is 43.7 Å². The Balaban J connectivity index is 1.62. The van der Waals surface area contributed by atoms with Gasteiger partial charge in [0.2, 0.25) is 5.88 Å². The van der Waals surface area contributed by atoms with E-state index in [-0.39, 0.29) is 6.61 Å². The predicted octanol–water partition coefficient (Wildman–Crippen LogP) is 1.97. The SMILES string of the molecule is COc1ccc(CCNCC(O)COc2ncccc2C)cc1. The highest BCUT2D eigenvalue weighted by Gasteiger charge is 2.07. The number of benzene rings is 1. The van der Waals surface area contributed by atoms with Crippen molar-refractivity contribution >= 4 is 0 Å². The molecular formula is C18H24N2O3. The Morgan fingerprint density at radius 2 is 2.00 bits per heavy atom. The summed E-state index contributed by atoms with van der Waals surface area (Å²) >= 11 is 0. The summed E-state index contributed by atoms with van der Waals surface area (Å²) in [5.41, 5.74) is 2.19. The predicted molar refractivity (Wildman–Crippen MR) is 90.0 cm³/mol. The number of aryl methyl sites for hydroxylation is 1. The lowest BCUT2D eigenvalue weighted by molar-refractivity contribution is 0.104. The summed E-state index contributed by atoms with van der Waals surface area (Å²) in [6.07, 6.45) is 2.02. The van der Waals surface area contributed by atoms with E-state index in [0.717, 1.165) is 24.3 Å². The van der Waals surface area contributed by atoms with Crippen LogP contribution in [0.15, 0.2) is 42.6 Å². The summed E-state index contributed by atoms with van der Waals surface area (Å²) < 4.78 is 10.7. The molecule has 0 amide bonds. The van der Waals surface area contributed by atoms with Crippen molar-refractivity contribution in [1.82, 2.24) is 10.3 Å². The van der Waals surface area contributed by atoms with Crippen molar-refractivity contribution < 1.29 is 14.6 Å². The van der Waals surface area contributed by atoms with Crippen LogP contribution >= 0.6 is 0 Å². The van der Waals surface area contributed by atoms with Crippen LogP contribution in [-0.4, -0.2) is 43.0 Å². The highest BCUT2D eigenvalue weighted by atomic mass is 16.5. The van der Waals surface area contributed by atoms with E-state index < -0.39 is 6.10 Å². The van der Waals surface area contributed by atoms with Crippen molar-refractivity contribution in [3.8, 4) is 11.6 Å². The molecule has 0 saturated heterocycles. The third kappa shape index (κ3) is 5.88. The van der Waals surface area contributed by atoms with Gasteiger partial charge in [-0.3, -0.25) is 0 Å². The van der Waals surface area contributed by atoms with Gasteiger partial charge in [0.15, 0.2) is 0 Å². The van der Waals surface area contributed by atoms with Crippen LogP contribution in [0.25, 0.3) is 0 Å². The fourth-order valence-electron chi connectivity index (χ4n) is 2.15. The lowest BCUT2D eigenvalue weighted by Crippen LogP contribution is -2.32. The average molecular weight is 316 g/mol. The minimum absolute atomic E-state index is 0.230. The van der Waals surface area contributed by atoms with Crippen molar-refractivity contribution in [3.63, 3.8) is 0 Å². The highest BCUT2D eigenvalue weighted by Crippen LogP contribution is 2.12. The molecule has 1 aromatic carbocycles. The maximum atomic E-state index is 9.94. The summed E-state index contributed by atoms with van der Waals surface area (Å²) in [6, 6.07) is 11.8. The second-order valence-corrected chi connectivity index (χ2v) is 5.39. The molecule has 0 bridgehead atoms. The Labute approximate surface area is 137 Å². The van der Waals surface area contributed by atoms with Gasteiger partial charge in [-0.2, -0.15) is 0 Å². The molecule has 2 rings (SSSR count). The second kappa shape index (κ2) is 9.12. The number of hydrogen-bond donors (Lipinski definition) is 2. The number of rotatable bonds is 9. The summed E-state index contributed by atoms with van der Waals surface area (Å²) in [5.74, 6) is 1.43. The number of nitrogens with one attached hydrogen (secondary N) is 1. The fraction of sp³-hybridized carbons (Fsp3) is 0.389. The van der Waals surface area contributed by atoms with Gasteiger partial charge in [0, 0.05) is 18.3 Å². The number of aliphatic hydroxyl groups excluding tert-OH is 1. The van der Waals surface area contributed by atoms with E-state index in [9.17, 15) is 5.11 Å². The van der Waals surface area contributed by atoms with Gasteiger partial charge >= 0.3 is 0 Å². The molecule has 1 aromatic heterocycles. The Morgan fingerprint density at radius 1 is 1.22 bits per heavy atom. The fourth-order valence-corrected chi connectivity index (χ4v) is 2.15. The van der Waals surface area contributed by atoms with Gasteiger partial charge in [-0.25, -0.2) is 4.98 Å². The van der Waals surface area contributed by atoms with Crippen molar-refractivity contribution in [2.24, 2.45) is 0 Å². The van der Waals surface area contributed by atoms with Crippen LogP contribution in [0.2, 0.25) is 0 Å². The number of hydrogen-bond acceptors (Lipinski definition) is 5. The topological polar surface area (TPSA) is 63.6 Å². The Morgan fingerprint density at radius 3 is 2.70 bits per heavy atom. The van der Waals surface area contributed by atoms with Crippen LogP contribution in [0, 0.1) is 6.92 Å². The number of methoxy groups -OCH3 is 1. The molecule has 0 radical (unpaired) electrons. The molecule has 124 valence electrons. The normalized spacial score (nSPS) is 12.0. The molecule has 0 spiro atoms. The molecule has 2 N–H and O–H groups in total. The molecule has 0 saturated carbocycles. The number of nitrogens with zero attached hydrogens (tertiary/aromatic N) is 1. The molecule has 0 aliphatic carbocycles. The van der Waals surface area contributed by atoms with E-state index in [1.165, 1.54) is 5.56 Å². The zero-order valence-corrected chi connectivity index (χ0v) is 13.7. The standard InChI is InChI=1S/C18H24N2O3/c1-14-4-3-10-20-18(14)23-13-16(21)12-19-11-9-15-5-7-17(22-2)8-6-15/h3-8,10,16,19,21H,9,11-13H2,1-2H3. The monoisotopic (exact) mass is 316 g/mol. The van der Waals surface area contributed by atoms with Crippen molar-refractivity contribution in [2.45, 2.75) is 19.4 Å². The van der Waals surface area contributed by atoms with Crippen molar-refractivity contribution in [1.29, 1.82) is 0 Å². The molecule has 0 aliphatic heterocycles. The van der Waals surface area contributed by atoms with Crippen LogP contribution in [0.1, 0.15) is 11.1 Å². The van der Waals surface area contributed by atoms with Gasteiger partial charge in [-0.1, -0.05) is 18.2 Å². The molecule has 1 atom stereocenters. The van der Waals surface area contributed by atoms with E-state index in [2.05, 4.69) is 10.3 Å².